The first kappa shape index (κ1) is 20.8. The van der Waals surface area contributed by atoms with Gasteiger partial charge in [-0.05, 0) is 24.0 Å². The van der Waals surface area contributed by atoms with E-state index in [2.05, 4.69) is 9.03 Å². The Morgan fingerprint density at radius 3 is 2.22 bits per heavy atom. The van der Waals surface area contributed by atoms with Gasteiger partial charge >= 0.3 is 27.7 Å². The van der Waals surface area contributed by atoms with Gasteiger partial charge in [0.1, 0.15) is 0 Å². The van der Waals surface area contributed by atoms with Gasteiger partial charge in [0.05, 0.1) is 6.57 Å². The molecule has 2 rings (SSSR count). The third kappa shape index (κ3) is 4.26. The van der Waals surface area contributed by atoms with Crippen molar-refractivity contribution >= 4 is 21.7 Å². The van der Waals surface area contributed by atoms with Crippen molar-refractivity contribution in [2.75, 3.05) is 13.1 Å². The van der Waals surface area contributed by atoms with Crippen molar-refractivity contribution in [1.29, 1.82) is 0 Å². The van der Waals surface area contributed by atoms with Crippen molar-refractivity contribution in [1.82, 2.24) is 4.90 Å². The lowest BCUT2D eigenvalue weighted by atomic mass is 10.0. The van der Waals surface area contributed by atoms with Crippen molar-refractivity contribution in [3.63, 3.8) is 0 Å². The lowest BCUT2D eigenvalue weighted by Gasteiger charge is -2.21. The van der Waals surface area contributed by atoms with E-state index < -0.39 is 52.1 Å². The standard InChI is InChI=1S/C14H10F6N2O4S/c1-21-10-3-2-8-4-6-22(12(23)13(15,16)17)7-5-9(8)11(10)26-27(24,25)14(18,19)20/h2-3H,4-7H2. The van der Waals surface area contributed by atoms with Crippen LogP contribution in [0, 0.1) is 6.57 Å². The number of fused-ring (bicyclic) bond motifs is 1. The van der Waals surface area contributed by atoms with E-state index >= 15 is 0 Å². The van der Waals surface area contributed by atoms with Gasteiger partial charge in [-0.15, -0.1) is 0 Å². The predicted molar refractivity (Wildman–Crippen MR) is 78.3 cm³/mol. The largest absolute Gasteiger partial charge is 0.534 e. The molecule has 13 heteroatoms. The number of hydrogen-bond acceptors (Lipinski definition) is 4. The molecule has 0 atom stereocenters. The molecule has 1 heterocycles. The molecular formula is C14H10F6N2O4S. The van der Waals surface area contributed by atoms with E-state index in [0.29, 0.717) is 4.90 Å². The predicted octanol–water partition coefficient (Wildman–Crippen LogP) is 2.96. The fraction of sp³-hybridized carbons (Fsp3) is 0.429. The average molecular weight is 416 g/mol. The number of benzene rings is 1. The summed E-state index contributed by atoms with van der Waals surface area (Å²) in [6.45, 7) is 6.05. The van der Waals surface area contributed by atoms with Crippen LogP contribution in [-0.2, 0) is 27.8 Å². The van der Waals surface area contributed by atoms with E-state index in [-0.39, 0.29) is 24.1 Å². The second-order valence-corrected chi connectivity index (χ2v) is 6.97. The van der Waals surface area contributed by atoms with Gasteiger partial charge in [-0.1, -0.05) is 12.1 Å². The number of rotatable bonds is 2. The summed E-state index contributed by atoms with van der Waals surface area (Å²) in [4.78, 5) is 14.7. The van der Waals surface area contributed by atoms with Gasteiger partial charge in [0.15, 0.2) is 5.75 Å². The maximum atomic E-state index is 12.6. The minimum absolute atomic E-state index is 0.159. The molecule has 148 valence electrons. The molecule has 0 unspecified atom stereocenters. The van der Waals surface area contributed by atoms with Gasteiger partial charge in [0, 0.05) is 13.1 Å². The number of hydrogen-bond donors (Lipinski definition) is 0. The van der Waals surface area contributed by atoms with E-state index in [4.69, 9.17) is 6.57 Å². The van der Waals surface area contributed by atoms with Gasteiger partial charge < -0.3 is 9.08 Å². The Hall–Kier alpha value is -2.49. The topological polar surface area (TPSA) is 68.0 Å². The van der Waals surface area contributed by atoms with Crippen molar-refractivity contribution in [3.05, 3.63) is 34.7 Å². The number of halogens is 6. The van der Waals surface area contributed by atoms with Crippen LogP contribution in [0.4, 0.5) is 32.0 Å². The van der Waals surface area contributed by atoms with Gasteiger partial charge in [0.2, 0.25) is 5.69 Å². The molecule has 1 aliphatic rings. The van der Waals surface area contributed by atoms with E-state index in [1.165, 1.54) is 6.07 Å². The summed E-state index contributed by atoms with van der Waals surface area (Å²) in [6.07, 6.45) is -5.72. The molecule has 0 aliphatic carbocycles. The maximum Gasteiger partial charge on any atom is 0.534 e. The highest BCUT2D eigenvalue weighted by molar-refractivity contribution is 7.88. The Labute approximate surface area is 149 Å². The van der Waals surface area contributed by atoms with E-state index in [1.807, 2.05) is 0 Å². The molecule has 27 heavy (non-hydrogen) atoms. The molecule has 1 aliphatic heterocycles. The molecule has 0 spiro atoms. The second kappa shape index (κ2) is 6.91. The van der Waals surface area contributed by atoms with E-state index in [9.17, 15) is 39.6 Å². The van der Waals surface area contributed by atoms with Gasteiger partial charge in [0.25, 0.3) is 0 Å². The minimum Gasteiger partial charge on any atom is -0.387 e. The number of nitrogens with zero attached hydrogens (tertiary/aromatic N) is 2. The van der Waals surface area contributed by atoms with Gasteiger partial charge in [-0.2, -0.15) is 34.8 Å². The molecular weight excluding hydrogens is 406 g/mol. The molecule has 0 aromatic heterocycles. The fourth-order valence-electron chi connectivity index (χ4n) is 2.50. The van der Waals surface area contributed by atoms with Crippen LogP contribution in [0.25, 0.3) is 4.85 Å². The van der Waals surface area contributed by atoms with Crippen LogP contribution in [0.3, 0.4) is 0 Å². The molecule has 0 N–H and O–H groups in total. The summed E-state index contributed by atoms with van der Waals surface area (Å²) < 4.78 is 102. The maximum absolute atomic E-state index is 12.6. The van der Waals surface area contributed by atoms with Gasteiger partial charge in [-0.3, -0.25) is 4.79 Å². The summed E-state index contributed by atoms with van der Waals surface area (Å²) in [7, 11) is -6.09. The van der Waals surface area contributed by atoms with Crippen LogP contribution in [0.2, 0.25) is 0 Å². The van der Waals surface area contributed by atoms with E-state index in [0.717, 1.165) is 6.07 Å². The third-order valence-corrected chi connectivity index (χ3v) is 4.70. The molecule has 1 amide bonds. The monoisotopic (exact) mass is 416 g/mol. The number of carbonyl (C=O) groups excluding carboxylic acids is 1. The molecule has 0 saturated carbocycles. The summed E-state index contributed by atoms with van der Waals surface area (Å²) in [5, 5.41) is 0. The summed E-state index contributed by atoms with van der Waals surface area (Å²) in [5.74, 6) is -3.01. The Morgan fingerprint density at radius 1 is 1.11 bits per heavy atom. The SMILES string of the molecule is [C-]#[N+]c1ccc2c(c1OS(=O)(=O)C(F)(F)F)CCN(C(=O)C(F)(F)F)CC2. The normalized spacial score (nSPS) is 15.5. The molecule has 0 radical (unpaired) electrons. The number of alkyl halides is 6. The van der Waals surface area contributed by atoms with Crippen LogP contribution in [0.15, 0.2) is 12.1 Å². The molecule has 0 saturated heterocycles. The van der Waals surface area contributed by atoms with Gasteiger partial charge in [-0.25, -0.2) is 4.85 Å². The Kier molecular flexibility index (Phi) is 5.33. The van der Waals surface area contributed by atoms with Crippen molar-refractivity contribution < 1.29 is 43.7 Å². The number of amides is 1. The van der Waals surface area contributed by atoms with Crippen molar-refractivity contribution in [2.45, 2.75) is 24.5 Å². The highest BCUT2D eigenvalue weighted by Gasteiger charge is 2.49. The quantitative estimate of drug-likeness (QED) is 0.322. The fourth-order valence-corrected chi connectivity index (χ4v) is 3.00. The lowest BCUT2D eigenvalue weighted by Crippen LogP contribution is -2.42. The van der Waals surface area contributed by atoms with Crippen LogP contribution in [-0.4, -0.2) is 44.0 Å². The highest BCUT2D eigenvalue weighted by Crippen LogP contribution is 2.39. The van der Waals surface area contributed by atoms with Crippen LogP contribution in [0.1, 0.15) is 11.1 Å². The second-order valence-electron chi connectivity index (χ2n) is 5.44. The zero-order chi connectivity index (χ0) is 20.6. The Bertz CT molecular complexity index is 902. The minimum atomic E-state index is -6.09. The summed E-state index contributed by atoms with van der Waals surface area (Å²) in [5.41, 5.74) is -6.27. The molecule has 0 bridgehead atoms. The Balaban J connectivity index is 2.44. The summed E-state index contributed by atoms with van der Waals surface area (Å²) >= 11 is 0. The van der Waals surface area contributed by atoms with Crippen LogP contribution >= 0.6 is 0 Å². The van der Waals surface area contributed by atoms with Crippen LogP contribution < -0.4 is 4.18 Å². The van der Waals surface area contributed by atoms with Crippen LogP contribution in [0.5, 0.6) is 5.75 Å². The van der Waals surface area contributed by atoms with Crippen molar-refractivity contribution in [3.8, 4) is 5.75 Å². The molecule has 6 nitrogen and oxygen atoms in total. The van der Waals surface area contributed by atoms with Crippen molar-refractivity contribution in [2.24, 2.45) is 0 Å². The van der Waals surface area contributed by atoms with E-state index in [1.54, 1.807) is 0 Å². The molecule has 1 aromatic rings. The average Bonchev–Trinajstić information content (AvgIpc) is 2.75. The molecule has 0 fully saturated rings. The summed E-state index contributed by atoms with van der Waals surface area (Å²) in [6, 6.07) is 2.28. The smallest absolute Gasteiger partial charge is 0.387 e. The first-order chi connectivity index (χ1) is 12.3. The zero-order valence-corrected chi connectivity index (χ0v) is 14.0. The number of carbonyl (C=O) groups is 1. The first-order valence-corrected chi connectivity index (χ1v) is 8.58. The zero-order valence-electron chi connectivity index (χ0n) is 13.2. The highest BCUT2D eigenvalue weighted by atomic mass is 32.2. The lowest BCUT2D eigenvalue weighted by molar-refractivity contribution is -0.185. The first-order valence-electron chi connectivity index (χ1n) is 7.17. The molecule has 1 aromatic carbocycles. The Morgan fingerprint density at radius 2 is 1.70 bits per heavy atom. The third-order valence-electron chi connectivity index (χ3n) is 3.75.